The van der Waals surface area contributed by atoms with E-state index < -0.39 is 0 Å². The van der Waals surface area contributed by atoms with Crippen molar-refractivity contribution in [2.75, 3.05) is 13.1 Å². The Balaban J connectivity index is 1.66. The van der Waals surface area contributed by atoms with Gasteiger partial charge < -0.3 is 10.2 Å². The Morgan fingerprint density at radius 2 is 2.29 bits per heavy atom. The summed E-state index contributed by atoms with van der Waals surface area (Å²) in [6.07, 6.45) is 1.87. The van der Waals surface area contributed by atoms with Crippen molar-refractivity contribution in [2.24, 2.45) is 5.92 Å². The Morgan fingerprint density at radius 1 is 1.48 bits per heavy atom. The Labute approximate surface area is 123 Å². The van der Waals surface area contributed by atoms with E-state index in [0.717, 1.165) is 24.0 Å². The number of nitrogens with one attached hydrogen (secondary N) is 1. The largest absolute Gasteiger partial charge is 0.349 e. The van der Waals surface area contributed by atoms with Crippen molar-refractivity contribution in [3.05, 3.63) is 35.1 Å². The van der Waals surface area contributed by atoms with Crippen molar-refractivity contribution < 1.29 is 14.0 Å². The van der Waals surface area contributed by atoms with Crippen LogP contribution in [0.3, 0.4) is 0 Å². The van der Waals surface area contributed by atoms with Crippen molar-refractivity contribution in [3.8, 4) is 0 Å². The van der Waals surface area contributed by atoms with Gasteiger partial charge in [0, 0.05) is 19.5 Å². The monoisotopic (exact) mass is 290 g/mol. The van der Waals surface area contributed by atoms with Crippen molar-refractivity contribution >= 4 is 11.8 Å². The first kappa shape index (κ1) is 14.0. The molecule has 0 spiro atoms. The van der Waals surface area contributed by atoms with Gasteiger partial charge in [0.15, 0.2) is 0 Å². The third-order valence-electron chi connectivity index (χ3n) is 4.47. The van der Waals surface area contributed by atoms with E-state index >= 15 is 0 Å². The SMILES string of the molecule is CCN1C[C@@H](C(=O)N[C@H]2CCc3cc(F)ccc32)CC1=O. The van der Waals surface area contributed by atoms with E-state index in [2.05, 4.69) is 5.32 Å². The lowest BCUT2D eigenvalue weighted by Crippen LogP contribution is -2.34. The molecule has 1 aromatic rings. The van der Waals surface area contributed by atoms with Crippen LogP contribution in [0, 0.1) is 11.7 Å². The number of halogens is 1. The molecule has 1 saturated heterocycles. The van der Waals surface area contributed by atoms with Crippen LogP contribution < -0.4 is 5.32 Å². The van der Waals surface area contributed by atoms with Gasteiger partial charge in [-0.3, -0.25) is 9.59 Å². The maximum atomic E-state index is 13.2. The summed E-state index contributed by atoms with van der Waals surface area (Å²) >= 11 is 0. The van der Waals surface area contributed by atoms with Crippen LogP contribution in [0.2, 0.25) is 0 Å². The van der Waals surface area contributed by atoms with E-state index in [1.54, 1.807) is 17.0 Å². The second kappa shape index (κ2) is 5.47. The Kier molecular flexibility index (Phi) is 3.66. The lowest BCUT2D eigenvalue weighted by atomic mass is 10.0. The minimum Gasteiger partial charge on any atom is -0.349 e. The lowest BCUT2D eigenvalue weighted by Gasteiger charge is -2.18. The van der Waals surface area contributed by atoms with Gasteiger partial charge in [-0.15, -0.1) is 0 Å². The normalized spacial score (nSPS) is 24.3. The van der Waals surface area contributed by atoms with Crippen LogP contribution in [0.15, 0.2) is 18.2 Å². The summed E-state index contributed by atoms with van der Waals surface area (Å²) in [6, 6.07) is 4.67. The average Bonchev–Trinajstić information content (AvgIpc) is 3.02. The summed E-state index contributed by atoms with van der Waals surface area (Å²) in [5.41, 5.74) is 1.97. The van der Waals surface area contributed by atoms with Crippen molar-refractivity contribution in [3.63, 3.8) is 0 Å². The fourth-order valence-corrected chi connectivity index (χ4v) is 3.28. The number of fused-ring (bicyclic) bond motifs is 1. The molecule has 0 saturated carbocycles. The standard InChI is InChI=1S/C16H19FN2O2/c1-2-19-9-11(8-15(19)20)16(21)18-14-6-3-10-7-12(17)4-5-13(10)14/h4-5,7,11,14H,2-3,6,8-9H2,1H3,(H,18,21)/t11-,14-/m0/s1. The fourth-order valence-electron chi connectivity index (χ4n) is 3.28. The van der Waals surface area contributed by atoms with Crippen LogP contribution >= 0.6 is 0 Å². The van der Waals surface area contributed by atoms with E-state index in [0.29, 0.717) is 19.5 Å². The van der Waals surface area contributed by atoms with E-state index in [-0.39, 0.29) is 29.6 Å². The summed E-state index contributed by atoms with van der Waals surface area (Å²) in [5, 5.41) is 3.02. The first-order valence-electron chi connectivity index (χ1n) is 7.45. The van der Waals surface area contributed by atoms with E-state index in [1.807, 2.05) is 6.92 Å². The fraction of sp³-hybridized carbons (Fsp3) is 0.500. The molecule has 1 aromatic carbocycles. The van der Waals surface area contributed by atoms with Crippen LogP contribution in [0.25, 0.3) is 0 Å². The second-order valence-electron chi connectivity index (χ2n) is 5.78. The number of nitrogens with zero attached hydrogens (tertiary/aromatic N) is 1. The molecule has 0 bridgehead atoms. The van der Waals surface area contributed by atoms with Crippen LogP contribution in [-0.2, 0) is 16.0 Å². The molecular formula is C16H19FN2O2. The summed E-state index contributed by atoms with van der Waals surface area (Å²) in [5.74, 6) is -0.518. The number of likely N-dealkylation sites (tertiary alicyclic amines) is 1. The molecule has 1 aliphatic heterocycles. The van der Waals surface area contributed by atoms with E-state index in [4.69, 9.17) is 0 Å². The number of amides is 2. The third-order valence-corrected chi connectivity index (χ3v) is 4.47. The highest BCUT2D eigenvalue weighted by Gasteiger charge is 2.35. The van der Waals surface area contributed by atoms with Gasteiger partial charge in [0.25, 0.3) is 0 Å². The number of benzene rings is 1. The predicted molar refractivity (Wildman–Crippen MR) is 76.0 cm³/mol. The first-order valence-corrected chi connectivity index (χ1v) is 7.45. The highest BCUT2D eigenvalue weighted by atomic mass is 19.1. The third kappa shape index (κ3) is 2.64. The van der Waals surface area contributed by atoms with Gasteiger partial charge in [-0.1, -0.05) is 6.07 Å². The molecule has 0 radical (unpaired) electrons. The van der Waals surface area contributed by atoms with Crippen LogP contribution in [0.1, 0.15) is 36.9 Å². The van der Waals surface area contributed by atoms with Gasteiger partial charge in [0.2, 0.25) is 11.8 Å². The van der Waals surface area contributed by atoms with Crippen molar-refractivity contribution in [1.29, 1.82) is 0 Å². The van der Waals surface area contributed by atoms with Crippen LogP contribution in [-0.4, -0.2) is 29.8 Å². The Hall–Kier alpha value is -1.91. The highest BCUT2D eigenvalue weighted by molar-refractivity contribution is 5.89. The first-order chi connectivity index (χ1) is 10.1. The molecule has 5 heteroatoms. The summed E-state index contributed by atoms with van der Waals surface area (Å²) in [7, 11) is 0. The smallest absolute Gasteiger partial charge is 0.225 e. The molecule has 2 atom stereocenters. The molecular weight excluding hydrogens is 271 g/mol. The number of rotatable bonds is 3. The number of carbonyl (C=O) groups is 2. The lowest BCUT2D eigenvalue weighted by molar-refractivity contribution is -0.129. The molecule has 4 nitrogen and oxygen atoms in total. The van der Waals surface area contributed by atoms with Crippen LogP contribution in [0.5, 0.6) is 0 Å². The molecule has 3 rings (SSSR count). The van der Waals surface area contributed by atoms with Gasteiger partial charge in [-0.05, 0) is 43.0 Å². The van der Waals surface area contributed by atoms with Gasteiger partial charge >= 0.3 is 0 Å². The summed E-state index contributed by atoms with van der Waals surface area (Å²) in [6.45, 7) is 3.07. The zero-order chi connectivity index (χ0) is 15.0. The molecule has 1 N–H and O–H groups in total. The number of hydrogen-bond acceptors (Lipinski definition) is 2. The summed E-state index contributed by atoms with van der Waals surface area (Å²) in [4.78, 5) is 25.7. The predicted octanol–water partition coefficient (Wildman–Crippen LogP) is 1.80. The molecule has 1 aliphatic carbocycles. The second-order valence-corrected chi connectivity index (χ2v) is 5.78. The number of hydrogen-bond donors (Lipinski definition) is 1. The Morgan fingerprint density at radius 3 is 3.00 bits per heavy atom. The minimum absolute atomic E-state index is 0.0477. The van der Waals surface area contributed by atoms with Gasteiger partial charge in [0.05, 0.1) is 12.0 Å². The molecule has 1 fully saturated rings. The quantitative estimate of drug-likeness (QED) is 0.923. The molecule has 0 unspecified atom stereocenters. The molecule has 1 heterocycles. The van der Waals surface area contributed by atoms with Gasteiger partial charge in [-0.2, -0.15) is 0 Å². The van der Waals surface area contributed by atoms with Gasteiger partial charge in [0.1, 0.15) is 5.82 Å². The molecule has 2 aliphatic rings. The van der Waals surface area contributed by atoms with Crippen molar-refractivity contribution in [2.45, 2.75) is 32.2 Å². The van der Waals surface area contributed by atoms with Crippen molar-refractivity contribution in [1.82, 2.24) is 10.2 Å². The van der Waals surface area contributed by atoms with Gasteiger partial charge in [-0.25, -0.2) is 4.39 Å². The topological polar surface area (TPSA) is 49.4 Å². The Bertz CT molecular complexity index is 588. The van der Waals surface area contributed by atoms with Crippen LogP contribution in [0.4, 0.5) is 4.39 Å². The molecule has 2 amide bonds. The average molecular weight is 290 g/mol. The zero-order valence-electron chi connectivity index (χ0n) is 12.1. The number of carbonyl (C=O) groups excluding carboxylic acids is 2. The zero-order valence-corrected chi connectivity index (χ0v) is 12.1. The maximum absolute atomic E-state index is 13.2. The number of aryl methyl sites for hydroxylation is 1. The van der Waals surface area contributed by atoms with E-state index in [9.17, 15) is 14.0 Å². The molecule has 112 valence electrons. The maximum Gasteiger partial charge on any atom is 0.225 e. The summed E-state index contributed by atoms with van der Waals surface area (Å²) < 4.78 is 13.2. The molecule has 0 aromatic heterocycles. The van der Waals surface area contributed by atoms with E-state index in [1.165, 1.54) is 6.07 Å². The minimum atomic E-state index is -0.262. The molecule has 21 heavy (non-hydrogen) atoms. The highest BCUT2D eigenvalue weighted by Crippen LogP contribution is 2.32.